The summed E-state index contributed by atoms with van der Waals surface area (Å²) in [5.41, 5.74) is -0.837. The number of nitrogens with zero attached hydrogens (tertiary/aromatic N) is 1. The Morgan fingerprint density at radius 2 is 1.86 bits per heavy atom. The lowest BCUT2D eigenvalue weighted by atomic mass is 10.1. The summed E-state index contributed by atoms with van der Waals surface area (Å²) in [5, 5.41) is 0.0789. The van der Waals surface area contributed by atoms with E-state index in [2.05, 4.69) is 0 Å². The zero-order valence-corrected chi connectivity index (χ0v) is 12.8. The maximum absolute atomic E-state index is 12.2. The van der Waals surface area contributed by atoms with E-state index in [9.17, 15) is 14.4 Å². The zero-order chi connectivity index (χ0) is 15.9. The van der Waals surface area contributed by atoms with Gasteiger partial charge >= 0.3 is 12.0 Å². The molecule has 0 unspecified atom stereocenters. The lowest BCUT2D eigenvalue weighted by Crippen LogP contribution is -2.40. The Morgan fingerprint density at radius 1 is 1.24 bits per heavy atom. The lowest BCUT2D eigenvalue weighted by Gasteiger charge is -2.24. The molecule has 6 nitrogen and oxygen atoms in total. The first-order valence-corrected chi connectivity index (χ1v) is 6.53. The molecule has 112 valence electrons. The number of amides is 2. The Labute approximate surface area is 126 Å². The van der Waals surface area contributed by atoms with Gasteiger partial charge in [0.05, 0.1) is 17.7 Å². The summed E-state index contributed by atoms with van der Waals surface area (Å²) in [5.74, 6) is -1.68. The Balaban J connectivity index is 2.57. The third-order valence-electron chi connectivity index (χ3n) is 2.73. The fraction of sp³-hybridized carbons (Fsp3) is 0.357. The molecule has 0 spiro atoms. The number of halogens is 1. The fourth-order valence-electron chi connectivity index (χ4n) is 1.94. The number of benzene rings is 1. The minimum Gasteiger partial charge on any atom is -0.495 e. The second kappa shape index (κ2) is 5.04. The molecule has 1 aromatic rings. The number of rotatable bonds is 1. The van der Waals surface area contributed by atoms with Gasteiger partial charge in [0, 0.05) is 0 Å². The van der Waals surface area contributed by atoms with Crippen LogP contribution in [0.4, 0.5) is 10.5 Å². The Kier molecular flexibility index (Phi) is 3.67. The summed E-state index contributed by atoms with van der Waals surface area (Å²) in [6, 6.07) is 2.91. The van der Waals surface area contributed by atoms with E-state index in [1.54, 1.807) is 20.8 Å². The smallest absolute Gasteiger partial charge is 0.422 e. The number of ether oxygens (including phenoxy) is 2. The predicted molar refractivity (Wildman–Crippen MR) is 76.1 cm³/mol. The number of Topliss-reactive ketones (excluding diaryl/α,β-unsaturated/α-hetero) is 1. The Hall–Kier alpha value is -2.08. The van der Waals surface area contributed by atoms with Gasteiger partial charge in [-0.25, -0.2) is 9.69 Å². The predicted octanol–water partition coefficient (Wildman–Crippen LogP) is 2.81. The van der Waals surface area contributed by atoms with Gasteiger partial charge < -0.3 is 9.47 Å². The first-order chi connectivity index (χ1) is 9.67. The van der Waals surface area contributed by atoms with E-state index in [4.69, 9.17) is 21.1 Å². The molecule has 1 aliphatic heterocycles. The number of carbonyl (C=O) groups is 3. The Morgan fingerprint density at radius 3 is 2.38 bits per heavy atom. The van der Waals surface area contributed by atoms with Crippen molar-refractivity contribution in [2.75, 3.05) is 12.0 Å². The highest BCUT2D eigenvalue weighted by Crippen LogP contribution is 2.42. The topological polar surface area (TPSA) is 72.9 Å². The molecule has 1 aliphatic rings. The number of anilines is 1. The normalized spacial score (nSPS) is 14.2. The first-order valence-electron chi connectivity index (χ1n) is 6.15. The highest BCUT2D eigenvalue weighted by Gasteiger charge is 2.45. The molecule has 21 heavy (non-hydrogen) atoms. The minimum absolute atomic E-state index is 0.0225. The molecule has 7 heteroatoms. The van der Waals surface area contributed by atoms with Gasteiger partial charge in [0.15, 0.2) is 0 Å². The average Bonchev–Trinajstić information content (AvgIpc) is 2.62. The van der Waals surface area contributed by atoms with Crippen molar-refractivity contribution < 1.29 is 23.9 Å². The van der Waals surface area contributed by atoms with Gasteiger partial charge in [-0.3, -0.25) is 9.59 Å². The summed E-state index contributed by atoms with van der Waals surface area (Å²) in [6.45, 7) is 4.97. The van der Waals surface area contributed by atoms with Gasteiger partial charge in [-0.1, -0.05) is 11.6 Å². The second-order valence-electron chi connectivity index (χ2n) is 5.42. The van der Waals surface area contributed by atoms with Crippen LogP contribution in [0.5, 0.6) is 5.75 Å². The summed E-state index contributed by atoms with van der Waals surface area (Å²) in [6.07, 6.45) is -0.944. The van der Waals surface area contributed by atoms with Crippen molar-refractivity contribution in [1.29, 1.82) is 0 Å². The Bertz CT molecular complexity index is 647. The highest BCUT2D eigenvalue weighted by atomic mass is 35.5. The van der Waals surface area contributed by atoms with Crippen molar-refractivity contribution in [3.05, 3.63) is 22.7 Å². The van der Waals surface area contributed by atoms with Crippen LogP contribution in [0.25, 0.3) is 0 Å². The van der Waals surface area contributed by atoms with Crippen molar-refractivity contribution >= 4 is 35.1 Å². The molecule has 1 heterocycles. The molecular formula is C14H14ClNO5. The maximum atomic E-state index is 12.2. The van der Waals surface area contributed by atoms with Crippen molar-refractivity contribution in [2.24, 2.45) is 0 Å². The second-order valence-corrected chi connectivity index (χ2v) is 5.83. The number of fused-ring (bicyclic) bond motifs is 1. The molecule has 1 aromatic carbocycles. The fourth-order valence-corrected chi connectivity index (χ4v) is 2.18. The molecule has 0 radical (unpaired) electrons. The molecule has 2 rings (SSSR count). The van der Waals surface area contributed by atoms with E-state index in [1.807, 2.05) is 0 Å². The van der Waals surface area contributed by atoms with E-state index >= 15 is 0 Å². The summed E-state index contributed by atoms with van der Waals surface area (Å²) >= 11 is 5.95. The third kappa shape index (κ3) is 2.58. The number of hydrogen-bond acceptors (Lipinski definition) is 5. The van der Waals surface area contributed by atoms with Crippen LogP contribution < -0.4 is 9.64 Å². The molecule has 0 atom stereocenters. The molecule has 0 aromatic heterocycles. The van der Waals surface area contributed by atoms with Gasteiger partial charge in [0.25, 0.3) is 5.78 Å². The van der Waals surface area contributed by atoms with E-state index in [0.29, 0.717) is 4.90 Å². The van der Waals surface area contributed by atoms with Crippen LogP contribution in [0.15, 0.2) is 12.1 Å². The number of ketones is 1. The van der Waals surface area contributed by atoms with Crippen LogP contribution in [0.1, 0.15) is 31.1 Å². The number of methoxy groups -OCH3 is 1. The van der Waals surface area contributed by atoms with Crippen LogP contribution in [0.2, 0.25) is 5.02 Å². The molecule has 0 saturated carbocycles. The molecule has 0 saturated heterocycles. The highest BCUT2D eigenvalue weighted by molar-refractivity contribution is 6.58. The maximum Gasteiger partial charge on any atom is 0.422 e. The molecule has 0 aliphatic carbocycles. The van der Waals surface area contributed by atoms with Crippen molar-refractivity contribution in [3.63, 3.8) is 0 Å². The quantitative estimate of drug-likeness (QED) is 0.746. The number of hydrogen-bond donors (Lipinski definition) is 0. The molecule has 0 N–H and O–H groups in total. The zero-order valence-electron chi connectivity index (χ0n) is 12.0. The molecule has 0 bridgehead atoms. The lowest BCUT2D eigenvalue weighted by molar-refractivity contribution is -0.114. The van der Waals surface area contributed by atoms with E-state index in [-0.39, 0.29) is 22.0 Å². The summed E-state index contributed by atoms with van der Waals surface area (Å²) < 4.78 is 10.3. The van der Waals surface area contributed by atoms with Gasteiger partial charge in [-0.15, -0.1) is 0 Å². The average molecular weight is 312 g/mol. The SMILES string of the molecule is COc1ccc(Cl)c2c1N(C(=O)OC(C)(C)C)C(=O)C2=O. The molecule has 0 fully saturated rings. The summed E-state index contributed by atoms with van der Waals surface area (Å²) in [7, 11) is 1.37. The first kappa shape index (κ1) is 15.3. The molecule has 2 amide bonds. The van der Waals surface area contributed by atoms with Crippen molar-refractivity contribution in [3.8, 4) is 5.75 Å². The van der Waals surface area contributed by atoms with Crippen LogP contribution >= 0.6 is 11.6 Å². The number of carbonyl (C=O) groups excluding carboxylic acids is 3. The van der Waals surface area contributed by atoms with E-state index in [0.717, 1.165) is 0 Å². The van der Waals surface area contributed by atoms with Crippen LogP contribution in [0, 0.1) is 0 Å². The van der Waals surface area contributed by atoms with Crippen LogP contribution in [-0.2, 0) is 9.53 Å². The van der Waals surface area contributed by atoms with Crippen LogP contribution in [0.3, 0.4) is 0 Å². The van der Waals surface area contributed by atoms with Crippen LogP contribution in [-0.4, -0.2) is 30.5 Å². The van der Waals surface area contributed by atoms with Gasteiger partial charge in [0.2, 0.25) is 0 Å². The van der Waals surface area contributed by atoms with Gasteiger partial charge in [0.1, 0.15) is 17.0 Å². The van der Waals surface area contributed by atoms with Crippen molar-refractivity contribution in [1.82, 2.24) is 0 Å². The summed E-state index contributed by atoms with van der Waals surface area (Å²) in [4.78, 5) is 36.9. The van der Waals surface area contributed by atoms with E-state index in [1.165, 1.54) is 19.2 Å². The van der Waals surface area contributed by atoms with Gasteiger partial charge in [-0.2, -0.15) is 0 Å². The third-order valence-corrected chi connectivity index (χ3v) is 3.05. The van der Waals surface area contributed by atoms with Crippen molar-refractivity contribution in [2.45, 2.75) is 26.4 Å². The largest absolute Gasteiger partial charge is 0.495 e. The van der Waals surface area contributed by atoms with Gasteiger partial charge in [-0.05, 0) is 32.9 Å². The van der Waals surface area contributed by atoms with E-state index < -0.39 is 23.4 Å². The number of imide groups is 1. The minimum atomic E-state index is -1.01. The molecular weight excluding hydrogens is 298 g/mol. The monoisotopic (exact) mass is 311 g/mol. The standard InChI is InChI=1S/C14H14ClNO5/c1-14(2,3)21-13(19)16-10-8(20-4)6-5-7(15)9(10)11(17)12(16)18/h5-6H,1-4H3.